The standard InChI is InChI=1S/C14H11BrF2O/c1-8-5-6-11(16)9(7-8)14(18)13-10(15)3-2-4-12(13)17/h2-7,14,18H,1H3. The molecule has 1 atom stereocenters. The van der Waals surface area contributed by atoms with Crippen molar-refractivity contribution in [3.63, 3.8) is 0 Å². The number of halogens is 3. The van der Waals surface area contributed by atoms with Gasteiger partial charge in [-0.2, -0.15) is 0 Å². The SMILES string of the molecule is Cc1ccc(F)c(C(O)c2c(F)cccc2Br)c1. The summed E-state index contributed by atoms with van der Waals surface area (Å²) in [4.78, 5) is 0. The van der Waals surface area contributed by atoms with Gasteiger partial charge < -0.3 is 5.11 Å². The number of hydrogen-bond acceptors (Lipinski definition) is 1. The minimum Gasteiger partial charge on any atom is -0.383 e. The van der Waals surface area contributed by atoms with Gasteiger partial charge >= 0.3 is 0 Å². The van der Waals surface area contributed by atoms with Gasteiger partial charge in [0, 0.05) is 15.6 Å². The normalized spacial score (nSPS) is 12.5. The molecule has 0 radical (unpaired) electrons. The summed E-state index contributed by atoms with van der Waals surface area (Å²) < 4.78 is 27.8. The van der Waals surface area contributed by atoms with E-state index in [0.29, 0.717) is 4.47 Å². The number of rotatable bonds is 2. The van der Waals surface area contributed by atoms with Crippen molar-refractivity contribution in [1.29, 1.82) is 0 Å². The highest BCUT2D eigenvalue weighted by Crippen LogP contribution is 2.32. The van der Waals surface area contributed by atoms with Crippen LogP contribution in [-0.2, 0) is 0 Å². The van der Waals surface area contributed by atoms with Crippen molar-refractivity contribution in [3.05, 3.63) is 69.2 Å². The van der Waals surface area contributed by atoms with E-state index in [1.54, 1.807) is 19.1 Å². The molecule has 0 saturated carbocycles. The van der Waals surface area contributed by atoms with E-state index in [0.717, 1.165) is 5.56 Å². The summed E-state index contributed by atoms with van der Waals surface area (Å²) in [6.45, 7) is 1.78. The Hall–Kier alpha value is -1.26. The van der Waals surface area contributed by atoms with Crippen LogP contribution in [0.2, 0.25) is 0 Å². The third-order valence-corrected chi connectivity index (χ3v) is 3.41. The number of benzene rings is 2. The molecule has 0 aliphatic rings. The molecule has 0 heterocycles. The summed E-state index contributed by atoms with van der Waals surface area (Å²) in [6, 6.07) is 8.73. The molecule has 2 aromatic carbocycles. The largest absolute Gasteiger partial charge is 0.383 e. The summed E-state index contributed by atoms with van der Waals surface area (Å²) in [7, 11) is 0. The maximum absolute atomic E-state index is 13.7. The molecule has 1 nitrogen and oxygen atoms in total. The molecule has 0 aliphatic heterocycles. The van der Waals surface area contributed by atoms with Gasteiger partial charge in [-0.1, -0.05) is 39.7 Å². The summed E-state index contributed by atoms with van der Waals surface area (Å²) in [5, 5.41) is 10.1. The van der Waals surface area contributed by atoms with Crippen LogP contribution in [0.4, 0.5) is 8.78 Å². The summed E-state index contributed by atoms with van der Waals surface area (Å²) in [6.07, 6.45) is -1.33. The Morgan fingerprint density at radius 1 is 1.11 bits per heavy atom. The molecule has 0 aliphatic carbocycles. The van der Waals surface area contributed by atoms with E-state index in [2.05, 4.69) is 15.9 Å². The van der Waals surface area contributed by atoms with E-state index in [-0.39, 0.29) is 11.1 Å². The highest BCUT2D eigenvalue weighted by molar-refractivity contribution is 9.10. The fourth-order valence-electron chi connectivity index (χ4n) is 1.80. The zero-order valence-corrected chi connectivity index (χ0v) is 11.2. The quantitative estimate of drug-likeness (QED) is 0.884. The van der Waals surface area contributed by atoms with E-state index >= 15 is 0 Å². The van der Waals surface area contributed by atoms with Crippen molar-refractivity contribution in [2.45, 2.75) is 13.0 Å². The molecule has 1 N–H and O–H groups in total. The topological polar surface area (TPSA) is 20.2 Å². The van der Waals surface area contributed by atoms with E-state index in [4.69, 9.17) is 0 Å². The third kappa shape index (κ3) is 2.44. The van der Waals surface area contributed by atoms with Crippen LogP contribution in [0.1, 0.15) is 22.8 Å². The van der Waals surface area contributed by atoms with Crippen molar-refractivity contribution >= 4 is 15.9 Å². The second kappa shape index (κ2) is 5.16. The zero-order valence-electron chi connectivity index (χ0n) is 9.62. The molecular formula is C14H11BrF2O. The van der Waals surface area contributed by atoms with Crippen LogP contribution in [0.5, 0.6) is 0 Å². The van der Waals surface area contributed by atoms with Gasteiger partial charge in [0.1, 0.15) is 17.7 Å². The average molecular weight is 313 g/mol. The first kappa shape index (κ1) is 13.2. The lowest BCUT2D eigenvalue weighted by molar-refractivity contribution is 0.209. The highest BCUT2D eigenvalue weighted by atomic mass is 79.9. The van der Waals surface area contributed by atoms with E-state index < -0.39 is 17.7 Å². The Labute approximate surface area is 112 Å². The molecule has 1 unspecified atom stereocenters. The molecule has 18 heavy (non-hydrogen) atoms. The van der Waals surface area contributed by atoms with E-state index in [1.165, 1.54) is 24.3 Å². The lowest BCUT2D eigenvalue weighted by atomic mass is 9.99. The van der Waals surface area contributed by atoms with Crippen molar-refractivity contribution < 1.29 is 13.9 Å². The number of aryl methyl sites for hydroxylation is 1. The Morgan fingerprint density at radius 2 is 1.83 bits per heavy atom. The third-order valence-electron chi connectivity index (χ3n) is 2.72. The molecule has 0 fully saturated rings. The van der Waals surface area contributed by atoms with Crippen LogP contribution in [0, 0.1) is 18.6 Å². The van der Waals surface area contributed by atoms with Crippen LogP contribution < -0.4 is 0 Å². The van der Waals surface area contributed by atoms with Gasteiger partial charge in [-0.15, -0.1) is 0 Å². The average Bonchev–Trinajstić information content (AvgIpc) is 2.32. The van der Waals surface area contributed by atoms with Crippen molar-refractivity contribution in [1.82, 2.24) is 0 Å². The van der Waals surface area contributed by atoms with Gasteiger partial charge in [-0.25, -0.2) is 8.78 Å². The van der Waals surface area contributed by atoms with E-state index in [1.807, 2.05) is 0 Å². The first-order chi connectivity index (χ1) is 8.50. The maximum atomic E-state index is 13.7. The first-order valence-electron chi connectivity index (χ1n) is 5.38. The molecule has 0 amide bonds. The molecule has 2 aromatic rings. The monoisotopic (exact) mass is 312 g/mol. The van der Waals surface area contributed by atoms with Crippen molar-refractivity contribution in [2.24, 2.45) is 0 Å². The molecule has 4 heteroatoms. The van der Waals surface area contributed by atoms with Gasteiger partial charge in [-0.3, -0.25) is 0 Å². The minimum atomic E-state index is -1.33. The maximum Gasteiger partial charge on any atom is 0.130 e. The molecule has 94 valence electrons. The Kier molecular flexibility index (Phi) is 3.78. The van der Waals surface area contributed by atoms with Crippen molar-refractivity contribution in [2.75, 3.05) is 0 Å². The van der Waals surface area contributed by atoms with E-state index in [9.17, 15) is 13.9 Å². The van der Waals surface area contributed by atoms with Gasteiger partial charge in [0.2, 0.25) is 0 Å². The van der Waals surface area contributed by atoms with Crippen LogP contribution >= 0.6 is 15.9 Å². The lowest BCUT2D eigenvalue weighted by Crippen LogP contribution is -2.06. The number of aliphatic hydroxyl groups excluding tert-OH is 1. The van der Waals surface area contributed by atoms with Crippen LogP contribution in [-0.4, -0.2) is 5.11 Å². The lowest BCUT2D eigenvalue weighted by Gasteiger charge is -2.15. The Morgan fingerprint density at radius 3 is 2.50 bits per heavy atom. The molecule has 0 spiro atoms. The first-order valence-corrected chi connectivity index (χ1v) is 6.18. The predicted octanol–water partition coefficient (Wildman–Crippen LogP) is 4.12. The van der Waals surface area contributed by atoms with Gasteiger partial charge in [0.25, 0.3) is 0 Å². The Bertz CT molecular complexity index is 564. The predicted molar refractivity (Wildman–Crippen MR) is 69.3 cm³/mol. The molecule has 0 aromatic heterocycles. The Balaban J connectivity index is 2.54. The van der Waals surface area contributed by atoms with Crippen molar-refractivity contribution in [3.8, 4) is 0 Å². The van der Waals surface area contributed by atoms with Crippen LogP contribution in [0.15, 0.2) is 40.9 Å². The highest BCUT2D eigenvalue weighted by Gasteiger charge is 2.21. The second-order valence-corrected chi connectivity index (χ2v) is 4.92. The number of aliphatic hydroxyl groups is 1. The fraction of sp³-hybridized carbons (Fsp3) is 0.143. The second-order valence-electron chi connectivity index (χ2n) is 4.06. The summed E-state index contributed by atoms with van der Waals surface area (Å²) >= 11 is 3.17. The van der Waals surface area contributed by atoms with Gasteiger partial charge in [0.15, 0.2) is 0 Å². The fourth-order valence-corrected chi connectivity index (χ4v) is 2.36. The van der Waals surface area contributed by atoms with Crippen LogP contribution in [0.25, 0.3) is 0 Å². The molecular weight excluding hydrogens is 302 g/mol. The molecule has 0 saturated heterocycles. The summed E-state index contributed by atoms with van der Waals surface area (Å²) in [5.41, 5.74) is 0.917. The molecule has 2 rings (SSSR count). The smallest absolute Gasteiger partial charge is 0.130 e. The zero-order chi connectivity index (χ0) is 13.3. The number of hydrogen-bond donors (Lipinski definition) is 1. The molecule has 0 bridgehead atoms. The summed E-state index contributed by atoms with van der Waals surface area (Å²) in [5.74, 6) is -1.12. The van der Waals surface area contributed by atoms with Gasteiger partial charge in [-0.05, 0) is 25.1 Å². The van der Waals surface area contributed by atoms with Crippen LogP contribution in [0.3, 0.4) is 0 Å². The minimum absolute atomic E-state index is 0.0435. The van der Waals surface area contributed by atoms with Gasteiger partial charge in [0.05, 0.1) is 0 Å².